The lowest BCUT2D eigenvalue weighted by molar-refractivity contribution is 1.16. The summed E-state index contributed by atoms with van der Waals surface area (Å²) < 4.78 is 0.972. The maximum absolute atomic E-state index is 6.07. The Morgan fingerprint density at radius 2 is 2.24 bits per heavy atom. The zero-order valence-electron chi connectivity index (χ0n) is 9.11. The third-order valence-electron chi connectivity index (χ3n) is 2.62. The van der Waals surface area contributed by atoms with E-state index >= 15 is 0 Å². The molecule has 0 aliphatic carbocycles. The number of halogens is 1. The summed E-state index contributed by atoms with van der Waals surface area (Å²) in [5.41, 5.74) is 2.31. The normalized spacial score (nSPS) is 11.2. The fourth-order valence-electron chi connectivity index (χ4n) is 1.77. The van der Waals surface area contributed by atoms with Crippen molar-refractivity contribution in [2.75, 3.05) is 0 Å². The lowest BCUT2D eigenvalue weighted by Gasteiger charge is -1.95. The number of aryl methyl sites for hydroxylation is 1. The van der Waals surface area contributed by atoms with Crippen LogP contribution in [0, 0.1) is 0 Å². The molecule has 0 aliphatic rings. The van der Waals surface area contributed by atoms with Gasteiger partial charge in [-0.2, -0.15) is 0 Å². The molecule has 0 fully saturated rings. The van der Waals surface area contributed by atoms with Gasteiger partial charge in [-0.25, -0.2) is 9.97 Å². The van der Waals surface area contributed by atoms with Gasteiger partial charge in [-0.1, -0.05) is 18.5 Å². The zero-order valence-corrected chi connectivity index (χ0v) is 11.5. The number of nitrogens with zero attached hydrogens (tertiary/aromatic N) is 2. The van der Waals surface area contributed by atoms with Gasteiger partial charge in [-0.05, 0) is 29.5 Å². The number of hydrogen-bond acceptors (Lipinski definition) is 4. The molecule has 0 aliphatic heterocycles. The van der Waals surface area contributed by atoms with Gasteiger partial charge in [0.25, 0.3) is 0 Å². The van der Waals surface area contributed by atoms with Gasteiger partial charge in [0.05, 0.1) is 10.2 Å². The van der Waals surface area contributed by atoms with Crippen LogP contribution in [0.2, 0.25) is 5.15 Å². The fraction of sp³-hybridized carbons (Fsp3) is 0.167. The van der Waals surface area contributed by atoms with E-state index in [9.17, 15) is 0 Å². The summed E-state index contributed by atoms with van der Waals surface area (Å²) in [7, 11) is 0. The van der Waals surface area contributed by atoms with Crippen LogP contribution in [0.4, 0.5) is 0 Å². The number of aromatic nitrogens is 2. The SMILES string of the molecule is CCc1ccsc1-c1cc2ncnc(Cl)c2s1. The highest BCUT2D eigenvalue weighted by Crippen LogP contribution is 2.39. The molecule has 0 radical (unpaired) electrons. The number of rotatable bonds is 2. The van der Waals surface area contributed by atoms with Gasteiger partial charge in [0.1, 0.15) is 11.5 Å². The molecule has 0 saturated carbocycles. The Morgan fingerprint density at radius 1 is 1.35 bits per heavy atom. The summed E-state index contributed by atoms with van der Waals surface area (Å²) in [5.74, 6) is 0. The molecular weight excluding hydrogens is 272 g/mol. The van der Waals surface area contributed by atoms with Crippen molar-refractivity contribution in [3.05, 3.63) is 34.6 Å². The van der Waals surface area contributed by atoms with Crippen LogP contribution < -0.4 is 0 Å². The summed E-state index contributed by atoms with van der Waals surface area (Å²) in [6.45, 7) is 2.17. The lowest BCUT2D eigenvalue weighted by atomic mass is 10.2. The first-order chi connectivity index (χ1) is 8.29. The molecule has 2 nitrogen and oxygen atoms in total. The Balaban J connectivity index is 2.22. The van der Waals surface area contributed by atoms with Crippen molar-refractivity contribution in [3.8, 4) is 9.75 Å². The number of thiophene rings is 2. The fourth-order valence-corrected chi connectivity index (χ4v) is 4.17. The van der Waals surface area contributed by atoms with Crippen molar-refractivity contribution in [1.29, 1.82) is 0 Å². The van der Waals surface area contributed by atoms with E-state index in [1.54, 1.807) is 22.7 Å². The van der Waals surface area contributed by atoms with Crippen molar-refractivity contribution >= 4 is 44.5 Å². The highest BCUT2D eigenvalue weighted by Gasteiger charge is 2.12. The van der Waals surface area contributed by atoms with Crippen molar-refractivity contribution in [2.45, 2.75) is 13.3 Å². The van der Waals surface area contributed by atoms with E-state index in [0.29, 0.717) is 5.15 Å². The average Bonchev–Trinajstić information content (AvgIpc) is 2.94. The quantitative estimate of drug-likeness (QED) is 0.639. The Bertz CT molecular complexity index is 672. The van der Waals surface area contributed by atoms with E-state index in [1.165, 1.54) is 21.6 Å². The van der Waals surface area contributed by atoms with Crippen molar-refractivity contribution in [2.24, 2.45) is 0 Å². The zero-order chi connectivity index (χ0) is 11.8. The summed E-state index contributed by atoms with van der Waals surface area (Å²) in [4.78, 5) is 10.8. The highest BCUT2D eigenvalue weighted by molar-refractivity contribution is 7.26. The Kier molecular flexibility index (Phi) is 2.86. The molecule has 0 unspecified atom stereocenters. The maximum Gasteiger partial charge on any atom is 0.150 e. The van der Waals surface area contributed by atoms with Crippen LogP contribution in [-0.4, -0.2) is 9.97 Å². The van der Waals surface area contributed by atoms with Crippen LogP contribution in [-0.2, 0) is 6.42 Å². The molecule has 5 heteroatoms. The van der Waals surface area contributed by atoms with Gasteiger partial charge in [-0.3, -0.25) is 0 Å². The van der Waals surface area contributed by atoms with Gasteiger partial charge in [-0.15, -0.1) is 22.7 Å². The average molecular weight is 281 g/mol. The first kappa shape index (κ1) is 11.1. The van der Waals surface area contributed by atoms with Gasteiger partial charge in [0, 0.05) is 9.75 Å². The predicted octanol–water partition coefficient (Wildman–Crippen LogP) is 4.64. The van der Waals surface area contributed by atoms with Gasteiger partial charge in [0.2, 0.25) is 0 Å². The Labute approximate surface area is 112 Å². The second kappa shape index (κ2) is 4.37. The molecular formula is C12H9ClN2S2. The summed E-state index contributed by atoms with van der Waals surface area (Å²) in [6, 6.07) is 4.27. The lowest BCUT2D eigenvalue weighted by Crippen LogP contribution is -1.77. The van der Waals surface area contributed by atoms with E-state index in [4.69, 9.17) is 11.6 Å². The standard InChI is InChI=1S/C12H9ClN2S2/c1-2-7-3-4-16-10(7)9-5-8-11(17-9)12(13)15-6-14-8/h3-6H,2H2,1H3. The van der Waals surface area contributed by atoms with E-state index in [0.717, 1.165) is 16.6 Å². The second-order valence-electron chi connectivity index (χ2n) is 3.62. The van der Waals surface area contributed by atoms with Crippen molar-refractivity contribution < 1.29 is 0 Å². The van der Waals surface area contributed by atoms with E-state index in [1.807, 2.05) is 0 Å². The molecule has 3 aromatic heterocycles. The minimum Gasteiger partial charge on any atom is -0.235 e. The van der Waals surface area contributed by atoms with Crippen LogP contribution in [0.25, 0.3) is 20.0 Å². The largest absolute Gasteiger partial charge is 0.235 e. The van der Waals surface area contributed by atoms with Gasteiger partial charge in [0.15, 0.2) is 0 Å². The third-order valence-corrected chi connectivity index (χ3v) is 5.29. The molecule has 3 heterocycles. The number of hydrogen-bond donors (Lipinski definition) is 0. The highest BCUT2D eigenvalue weighted by atomic mass is 35.5. The summed E-state index contributed by atoms with van der Waals surface area (Å²) in [6.07, 6.45) is 2.56. The minimum atomic E-state index is 0.542. The summed E-state index contributed by atoms with van der Waals surface area (Å²) >= 11 is 9.50. The van der Waals surface area contributed by atoms with Crippen LogP contribution in [0.15, 0.2) is 23.8 Å². The Hall–Kier alpha value is -0.970. The molecule has 0 saturated heterocycles. The van der Waals surface area contributed by atoms with Crippen LogP contribution >= 0.6 is 34.3 Å². The van der Waals surface area contributed by atoms with Crippen molar-refractivity contribution in [1.82, 2.24) is 9.97 Å². The third kappa shape index (κ3) is 1.86. The number of fused-ring (bicyclic) bond motifs is 1. The maximum atomic E-state index is 6.07. The van der Waals surface area contributed by atoms with E-state index < -0.39 is 0 Å². The minimum absolute atomic E-state index is 0.542. The molecule has 3 aromatic rings. The molecule has 0 bridgehead atoms. The smallest absolute Gasteiger partial charge is 0.150 e. The molecule has 0 spiro atoms. The molecule has 0 aromatic carbocycles. The molecule has 3 rings (SSSR count). The van der Waals surface area contributed by atoms with Gasteiger partial charge < -0.3 is 0 Å². The van der Waals surface area contributed by atoms with Crippen LogP contribution in [0.1, 0.15) is 12.5 Å². The summed E-state index contributed by atoms with van der Waals surface area (Å²) in [5, 5.41) is 2.67. The van der Waals surface area contributed by atoms with Crippen LogP contribution in [0.5, 0.6) is 0 Å². The van der Waals surface area contributed by atoms with Crippen molar-refractivity contribution in [3.63, 3.8) is 0 Å². The first-order valence-electron chi connectivity index (χ1n) is 5.26. The molecule has 17 heavy (non-hydrogen) atoms. The molecule has 86 valence electrons. The monoisotopic (exact) mass is 280 g/mol. The first-order valence-corrected chi connectivity index (χ1v) is 7.33. The van der Waals surface area contributed by atoms with Crippen LogP contribution in [0.3, 0.4) is 0 Å². The molecule has 0 N–H and O–H groups in total. The molecule has 0 atom stereocenters. The van der Waals surface area contributed by atoms with E-state index in [2.05, 4.69) is 34.4 Å². The topological polar surface area (TPSA) is 25.8 Å². The van der Waals surface area contributed by atoms with E-state index in [-0.39, 0.29) is 0 Å². The second-order valence-corrected chi connectivity index (χ2v) is 5.94. The predicted molar refractivity (Wildman–Crippen MR) is 75.1 cm³/mol. The van der Waals surface area contributed by atoms with Gasteiger partial charge >= 0.3 is 0 Å². The molecule has 0 amide bonds. The Morgan fingerprint density at radius 3 is 3.00 bits per heavy atom.